The van der Waals surface area contributed by atoms with Crippen molar-refractivity contribution in [2.75, 3.05) is 5.32 Å². The van der Waals surface area contributed by atoms with Crippen LogP contribution in [0.2, 0.25) is 0 Å². The zero-order valence-electron chi connectivity index (χ0n) is 17.5. The molecule has 2 fully saturated rings. The van der Waals surface area contributed by atoms with Crippen molar-refractivity contribution in [2.24, 2.45) is 4.99 Å². The second-order valence-electron chi connectivity index (χ2n) is 8.76. The van der Waals surface area contributed by atoms with Gasteiger partial charge >= 0.3 is 0 Å². The van der Waals surface area contributed by atoms with Gasteiger partial charge in [0.15, 0.2) is 17.5 Å². The number of aromatic nitrogens is 3. The average Bonchev–Trinajstić information content (AvgIpc) is 3.42. The van der Waals surface area contributed by atoms with Gasteiger partial charge in [-0.2, -0.15) is 9.61 Å². The Morgan fingerprint density at radius 2 is 2.09 bits per heavy atom. The number of hydrogen-bond donors (Lipinski definition) is 4. The SMILES string of the molecule is O=C1NC(O)NC1Cc1cnn2c(=NC3CC3)cc(NC3CCc4ccccc43)nc2c1. The Morgan fingerprint density at radius 3 is 2.91 bits per heavy atom. The molecule has 2 aliphatic carbocycles. The monoisotopic (exact) mass is 431 g/mol. The van der Waals surface area contributed by atoms with Crippen molar-refractivity contribution in [2.45, 2.75) is 56.6 Å². The first-order valence-electron chi connectivity index (χ1n) is 11.1. The molecule has 6 rings (SSSR count). The van der Waals surface area contributed by atoms with E-state index >= 15 is 0 Å². The molecule has 1 aliphatic heterocycles. The summed E-state index contributed by atoms with van der Waals surface area (Å²) >= 11 is 0. The van der Waals surface area contributed by atoms with Gasteiger partial charge in [0.05, 0.1) is 24.3 Å². The van der Waals surface area contributed by atoms with Crippen molar-refractivity contribution in [1.29, 1.82) is 0 Å². The molecule has 164 valence electrons. The Morgan fingerprint density at radius 1 is 1.22 bits per heavy atom. The van der Waals surface area contributed by atoms with Crippen LogP contribution in [0.25, 0.3) is 5.65 Å². The molecule has 0 bridgehead atoms. The van der Waals surface area contributed by atoms with Gasteiger partial charge in [-0.3, -0.25) is 15.1 Å². The maximum Gasteiger partial charge on any atom is 0.240 e. The zero-order valence-corrected chi connectivity index (χ0v) is 17.5. The number of nitrogens with zero attached hydrogens (tertiary/aromatic N) is 4. The minimum atomic E-state index is -1.01. The van der Waals surface area contributed by atoms with E-state index in [-0.39, 0.29) is 11.9 Å². The minimum Gasteiger partial charge on any atom is -0.363 e. The molecule has 3 aromatic rings. The lowest BCUT2D eigenvalue weighted by atomic mass is 10.1. The van der Waals surface area contributed by atoms with E-state index < -0.39 is 12.4 Å². The standard InChI is InChI=1S/C23H25N7O2/c31-22-18(27-23(32)29-22)9-13-10-20-28-19(11-21(25-15-6-7-15)30(20)24-12-13)26-17-8-5-14-3-1-2-4-16(14)17/h1-4,10-12,15,17-18,23,26-27,32H,5-9H2,(H,29,31). The summed E-state index contributed by atoms with van der Waals surface area (Å²) in [7, 11) is 0. The van der Waals surface area contributed by atoms with E-state index in [1.54, 1.807) is 10.7 Å². The van der Waals surface area contributed by atoms with Gasteiger partial charge < -0.3 is 15.7 Å². The fourth-order valence-corrected chi connectivity index (χ4v) is 4.53. The Bertz CT molecular complexity index is 1270. The zero-order chi connectivity index (χ0) is 21.7. The quantitative estimate of drug-likeness (QED) is 0.475. The first kappa shape index (κ1) is 19.4. The number of carbonyl (C=O) groups excluding carboxylic acids is 1. The molecule has 0 radical (unpaired) electrons. The molecule has 1 amide bonds. The number of aliphatic hydroxyl groups excluding tert-OH is 1. The maximum atomic E-state index is 12.0. The summed E-state index contributed by atoms with van der Waals surface area (Å²) in [4.78, 5) is 21.7. The van der Waals surface area contributed by atoms with Crippen LogP contribution in [-0.4, -0.2) is 44.0 Å². The van der Waals surface area contributed by atoms with E-state index in [1.165, 1.54) is 11.1 Å². The van der Waals surface area contributed by atoms with E-state index in [0.717, 1.165) is 42.6 Å². The molecule has 1 aromatic carbocycles. The van der Waals surface area contributed by atoms with Gasteiger partial charge in [0.2, 0.25) is 5.91 Å². The number of benzene rings is 1. The van der Waals surface area contributed by atoms with Crippen molar-refractivity contribution >= 4 is 17.4 Å². The number of aryl methyl sites for hydroxylation is 1. The van der Waals surface area contributed by atoms with Crippen LogP contribution >= 0.6 is 0 Å². The van der Waals surface area contributed by atoms with E-state index in [4.69, 9.17) is 9.98 Å². The van der Waals surface area contributed by atoms with Crippen molar-refractivity contribution in [3.05, 3.63) is 64.8 Å². The van der Waals surface area contributed by atoms with Gasteiger partial charge in [-0.05, 0) is 54.9 Å². The summed E-state index contributed by atoms with van der Waals surface area (Å²) in [5, 5.41) is 23.0. The summed E-state index contributed by atoms with van der Waals surface area (Å²) in [5.74, 6) is 0.551. The number of anilines is 1. The summed E-state index contributed by atoms with van der Waals surface area (Å²) in [6, 6.07) is 12.5. The lowest BCUT2D eigenvalue weighted by Crippen LogP contribution is -2.34. The second kappa shape index (κ2) is 7.68. The van der Waals surface area contributed by atoms with Crippen LogP contribution in [0.3, 0.4) is 0 Å². The Hall–Kier alpha value is -3.30. The van der Waals surface area contributed by atoms with Gasteiger partial charge in [0.25, 0.3) is 0 Å². The predicted molar refractivity (Wildman–Crippen MR) is 117 cm³/mol. The molecule has 3 heterocycles. The highest BCUT2D eigenvalue weighted by molar-refractivity contribution is 5.84. The molecule has 1 saturated heterocycles. The molecule has 32 heavy (non-hydrogen) atoms. The minimum absolute atomic E-state index is 0.221. The first-order valence-corrected chi connectivity index (χ1v) is 11.1. The number of nitrogens with one attached hydrogen (secondary N) is 3. The molecule has 3 aliphatic rings. The van der Waals surface area contributed by atoms with Crippen LogP contribution in [0.15, 0.2) is 47.6 Å². The molecule has 4 N–H and O–H groups in total. The highest BCUT2D eigenvalue weighted by Gasteiger charge is 2.30. The third-order valence-corrected chi connectivity index (χ3v) is 6.30. The van der Waals surface area contributed by atoms with Crippen LogP contribution in [0.5, 0.6) is 0 Å². The third kappa shape index (κ3) is 3.74. The van der Waals surface area contributed by atoms with Crippen LogP contribution in [0.4, 0.5) is 5.82 Å². The number of fused-ring (bicyclic) bond motifs is 2. The average molecular weight is 432 g/mol. The Labute approximate surface area is 184 Å². The van der Waals surface area contributed by atoms with Crippen molar-refractivity contribution in [3.63, 3.8) is 0 Å². The third-order valence-electron chi connectivity index (χ3n) is 6.30. The van der Waals surface area contributed by atoms with Gasteiger partial charge in [-0.15, -0.1) is 0 Å². The second-order valence-corrected chi connectivity index (χ2v) is 8.76. The molecule has 0 spiro atoms. The van der Waals surface area contributed by atoms with Crippen LogP contribution in [0, 0.1) is 0 Å². The normalized spacial score (nSPS) is 25.2. The van der Waals surface area contributed by atoms with E-state index in [9.17, 15) is 9.90 Å². The van der Waals surface area contributed by atoms with Gasteiger partial charge in [0, 0.05) is 6.07 Å². The van der Waals surface area contributed by atoms with Gasteiger partial charge in [0.1, 0.15) is 5.82 Å². The topological polar surface area (TPSA) is 116 Å². The fraction of sp³-hybridized carbons (Fsp3) is 0.391. The fourth-order valence-electron chi connectivity index (χ4n) is 4.53. The summed E-state index contributed by atoms with van der Waals surface area (Å²) in [6.07, 6.45) is 5.44. The predicted octanol–water partition coefficient (Wildman–Crippen LogP) is 0.798. The molecule has 9 nitrogen and oxygen atoms in total. The van der Waals surface area contributed by atoms with Gasteiger partial charge in [-0.25, -0.2) is 4.98 Å². The summed E-state index contributed by atoms with van der Waals surface area (Å²) in [5.41, 5.74) is 5.03. The van der Waals surface area contributed by atoms with E-state index in [2.05, 4.69) is 45.3 Å². The van der Waals surface area contributed by atoms with Crippen molar-refractivity contribution in [1.82, 2.24) is 25.2 Å². The largest absolute Gasteiger partial charge is 0.363 e. The van der Waals surface area contributed by atoms with Crippen LogP contribution in [0.1, 0.15) is 42.0 Å². The number of amides is 1. The van der Waals surface area contributed by atoms with E-state index in [1.807, 2.05) is 12.1 Å². The smallest absolute Gasteiger partial charge is 0.240 e. The molecule has 1 saturated carbocycles. The van der Waals surface area contributed by atoms with Crippen LogP contribution < -0.4 is 21.4 Å². The highest BCUT2D eigenvalue weighted by Crippen LogP contribution is 2.33. The van der Waals surface area contributed by atoms with Crippen molar-refractivity contribution in [3.8, 4) is 0 Å². The maximum absolute atomic E-state index is 12.0. The first-order chi connectivity index (χ1) is 15.6. The van der Waals surface area contributed by atoms with Gasteiger partial charge in [-0.1, -0.05) is 24.3 Å². The lowest BCUT2D eigenvalue weighted by Gasteiger charge is -2.16. The van der Waals surface area contributed by atoms with E-state index in [0.29, 0.717) is 18.1 Å². The number of aliphatic hydroxyl groups is 1. The Kier molecular flexibility index (Phi) is 4.65. The summed E-state index contributed by atoms with van der Waals surface area (Å²) in [6.45, 7) is 0. The highest BCUT2D eigenvalue weighted by atomic mass is 16.3. The van der Waals surface area contributed by atoms with Crippen LogP contribution in [-0.2, 0) is 17.6 Å². The summed E-state index contributed by atoms with van der Waals surface area (Å²) < 4.78 is 1.76. The lowest BCUT2D eigenvalue weighted by molar-refractivity contribution is -0.121. The molecule has 2 aromatic heterocycles. The molecule has 3 unspecified atom stereocenters. The Balaban J connectivity index is 1.35. The number of hydrogen-bond acceptors (Lipinski definition) is 7. The number of rotatable bonds is 5. The van der Waals surface area contributed by atoms with Crippen molar-refractivity contribution < 1.29 is 9.90 Å². The number of carbonyl (C=O) groups is 1. The molecule has 3 atom stereocenters. The molecular weight excluding hydrogens is 406 g/mol. The molecular formula is C23H25N7O2. The molecule has 9 heteroatoms.